The van der Waals surface area contributed by atoms with E-state index in [1.807, 2.05) is 26.8 Å². The van der Waals surface area contributed by atoms with E-state index in [-0.39, 0.29) is 5.82 Å². The molecule has 1 N–H and O–H groups in total. The summed E-state index contributed by atoms with van der Waals surface area (Å²) in [7, 11) is 0. The minimum Gasteiger partial charge on any atom is -0.381 e. The van der Waals surface area contributed by atoms with Gasteiger partial charge in [-0.25, -0.2) is 4.39 Å². The topological polar surface area (TPSA) is 24.9 Å². The standard InChI is InChI=1S/C14H15FN2.C2H6/c1-9-6-7-16-13-11(9)4-5-12(15)14(13)17-8-10-2-3-10;1-2/h4-7,10,17H,2-3,8H2,1H3;1-2H3. The quantitative estimate of drug-likeness (QED) is 0.877. The van der Waals surface area contributed by atoms with Crippen molar-refractivity contribution in [3.63, 3.8) is 0 Å². The molecule has 0 radical (unpaired) electrons. The smallest absolute Gasteiger partial charge is 0.148 e. The molecule has 1 aliphatic carbocycles. The summed E-state index contributed by atoms with van der Waals surface area (Å²) in [5.74, 6) is 0.505. The molecule has 0 bridgehead atoms. The molecule has 102 valence electrons. The molecule has 1 saturated carbocycles. The van der Waals surface area contributed by atoms with Gasteiger partial charge in [-0.3, -0.25) is 4.98 Å². The lowest BCUT2D eigenvalue weighted by molar-refractivity contribution is 0.630. The first-order chi connectivity index (χ1) is 9.25. The lowest BCUT2D eigenvalue weighted by atomic mass is 10.1. The lowest BCUT2D eigenvalue weighted by Crippen LogP contribution is -2.06. The third kappa shape index (κ3) is 3.03. The van der Waals surface area contributed by atoms with Gasteiger partial charge >= 0.3 is 0 Å². The molecule has 3 rings (SSSR count). The van der Waals surface area contributed by atoms with Gasteiger partial charge in [0.25, 0.3) is 0 Å². The van der Waals surface area contributed by atoms with Crippen LogP contribution in [0.3, 0.4) is 0 Å². The van der Waals surface area contributed by atoms with Crippen LogP contribution in [0, 0.1) is 18.7 Å². The first-order valence-corrected chi connectivity index (χ1v) is 7.03. The zero-order chi connectivity index (χ0) is 13.8. The van der Waals surface area contributed by atoms with E-state index < -0.39 is 0 Å². The molecule has 0 unspecified atom stereocenters. The summed E-state index contributed by atoms with van der Waals surface area (Å²) in [6.07, 6.45) is 4.25. The summed E-state index contributed by atoms with van der Waals surface area (Å²) in [6, 6.07) is 5.27. The highest BCUT2D eigenvalue weighted by Gasteiger charge is 2.21. The third-order valence-electron chi connectivity index (χ3n) is 3.34. The number of aromatic nitrogens is 1. The fourth-order valence-corrected chi connectivity index (χ4v) is 2.07. The Balaban J connectivity index is 0.000000637. The van der Waals surface area contributed by atoms with Crippen molar-refractivity contribution in [3.05, 3.63) is 35.8 Å². The van der Waals surface area contributed by atoms with Crippen LogP contribution < -0.4 is 5.32 Å². The molecule has 0 atom stereocenters. The highest BCUT2D eigenvalue weighted by molar-refractivity contribution is 5.92. The SMILES string of the molecule is CC.Cc1ccnc2c(NCC3CC3)c(F)ccc12. The van der Waals surface area contributed by atoms with Crippen molar-refractivity contribution in [1.29, 1.82) is 0 Å². The first-order valence-electron chi connectivity index (χ1n) is 7.03. The molecule has 0 saturated heterocycles. The molecule has 3 heteroatoms. The summed E-state index contributed by atoms with van der Waals surface area (Å²) in [6.45, 7) is 6.87. The van der Waals surface area contributed by atoms with Crippen LogP contribution in [0.25, 0.3) is 10.9 Å². The average molecular weight is 260 g/mol. The van der Waals surface area contributed by atoms with Crippen molar-refractivity contribution in [2.75, 3.05) is 11.9 Å². The number of benzene rings is 1. The molecule has 0 amide bonds. The molecule has 2 nitrogen and oxygen atoms in total. The minimum absolute atomic E-state index is 0.212. The van der Waals surface area contributed by atoms with E-state index in [4.69, 9.17) is 0 Å². The number of anilines is 1. The van der Waals surface area contributed by atoms with Gasteiger partial charge in [-0.15, -0.1) is 0 Å². The van der Waals surface area contributed by atoms with E-state index in [2.05, 4.69) is 10.3 Å². The normalized spacial score (nSPS) is 13.9. The number of aryl methyl sites for hydroxylation is 1. The van der Waals surface area contributed by atoms with Crippen molar-refractivity contribution in [2.45, 2.75) is 33.6 Å². The van der Waals surface area contributed by atoms with E-state index >= 15 is 0 Å². The van der Waals surface area contributed by atoms with Gasteiger partial charge in [-0.2, -0.15) is 0 Å². The third-order valence-corrected chi connectivity index (χ3v) is 3.34. The lowest BCUT2D eigenvalue weighted by Gasteiger charge is -2.10. The molecule has 1 heterocycles. The maximum atomic E-state index is 13.8. The Labute approximate surface area is 114 Å². The second-order valence-electron chi connectivity index (χ2n) is 4.77. The van der Waals surface area contributed by atoms with Gasteiger partial charge in [0.2, 0.25) is 0 Å². The molecule has 1 fully saturated rings. The molecular weight excluding hydrogens is 239 g/mol. The second kappa shape index (κ2) is 6.00. The maximum absolute atomic E-state index is 13.8. The molecule has 1 aromatic carbocycles. The molecule has 2 aromatic rings. The van der Waals surface area contributed by atoms with Crippen LogP contribution in [0.1, 0.15) is 32.3 Å². The van der Waals surface area contributed by atoms with Crippen molar-refractivity contribution < 1.29 is 4.39 Å². The number of nitrogens with zero attached hydrogens (tertiary/aromatic N) is 1. The number of rotatable bonds is 3. The second-order valence-corrected chi connectivity index (χ2v) is 4.77. The molecule has 0 aliphatic heterocycles. The Morgan fingerprint density at radius 2 is 2.00 bits per heavy atom. The fraction of sp³-hybridized carbons (Fsp3) is 0.438. The molecule has 0 spiro atoms. The van der Waals surface area contributed by atoms with Gasteiger partial charge in [0.15, 0.2) is 0 Å². The van der Waals surface area contributed by atoms with Gasteiger partial charge in [0.1, 0.15) is 5.82 Å². The van der Waals surface area contributed by atoms with Gasteiger partial charge in [-0.05, 0) is 49.4 Å². The monoisotopic (exact) mass is 260 g/mol. The Kier molecular flexibility index (Phi) is 4.35. The van der Waals surface area contributed by atoms with Crippen LogP contribution in [-0.4, -0.2) is 11.5 Å². The highest BCUT2D eigenvalue weighted by atomic mass is 19.1. The number of fused-ring (bicyclic) bond motifs is 1. The Morgan fingerprint density at radius 1 is 1.26 bits per heavy atom. The minimum atomic E-state index is -0.212. The predicted molar refractivity (Wildman–Crippen MR) is 79.0 cm³/mol. The number of nitrogens with one attached hydrogen (secondary N) is 1. The Morgan fingerprint density at radius 3 is 2.68 bits per heavy atom. The number of pyridine rings is 1. The predicted octanol–water partition coefficient (Wildman–Crippen LogP) is 4.53. The largest absolute Gasteiger partial charge is 0.381 e. The van der Waals surface area contributed by atoms with Crippen molar-refractivity contribution in [1.82, 2.24) is 4.98 Å². The zero-order valence-electron chi connectivity index (χ0n) is 11.8. The summed E-state index contributed by atoms with van der Waals surface area (Å²) in [4.78, 5) is 4.30. The van der Waals surface area contributed by atoms with Crippen LogP contribution >= 0.6 is 0 Å². The molecule has 1 aliphatic rings. The van der Waals surface area contributed by atoms with Crippen LogP contribution in [-0.2, 0) is 0 Å². The summed E-state index contributed by atoms with van der Waals surface area (Å²) >= 11 is 0. The fourth-order valence-electron chi connectivity index (χ4n) is 2.07. The van der Waals surface area contributed by atoms with Crippen LogP contribution in [0.4, 0.5) is 10.1 Å². The van der Waals surface area contributed by atoms with Crippen molar-refractivity contribution in [3.8, 4) is 0 Å². The Bertz CT molecular complexity index is 562. The zero-order valence-corrected chi connectivity index (χ0v) is 11.8. The van der Waals surface area contributed by atoms with E-state index in [0.717, 1.165) is 28.9 Å². The summed E-state index contributed by atoms with van der Waals surface area (Å²) in [5, 5.41) is 4.23. The number of hydrogen-bond donors (Lipinski definition) is 1. The first kappa shape index (κ1) is 13.8. The summed E-state index contributed by atoms with van der Waals surface area (Å²) < 4.78 is 13.8. The summed E-state index contributed by atoms with van der Waals surface area (Å²) in [5.41, 5.74) is 2.42. The van der Waals surface area contributed by atoms with E-state index in [9.17, 15) is 4.39 Å². The van der Waals surface area contributed by atoms with Gasteiger partial charge in [0, 0.05) is 18.1 Å². The van der Waals surface area contributed by atoms with Gasteiger partial charge in [-0.1, -0.05) is 13.8 Å². The van der Waals surface area contributed by atoms with Gasteiger partial charge in [0.05, 0.1) is 11.2 Å². The maximum Gasteiger partial charge on any atom is 0.148 e. The number of halogens is 1. The highest BCUT2D eigenvalue weighted by Crippen LogP contribution is 2.31. The molecule has 1 aromatic heterocycles. The van der Waals surface area contributed by atoms with Crippen LogP contribution in [0.15, 0.2) is 24.4 Å². The number of hydrogen-bond acceptors (Lipinski definition) is 2. The van der Waals surface area contributed by atoms with Crippen molar-refractivity contribution in [2.24, 2.45) is 5.92 Å². The van der Waals surface area contributed by atoms with Crippen LogP contribution in [0.2, 0.25) is 0 Å². The van der Waals surface area contributed by atoms with E-state index in [1.165, 1.54) is 18.9 Å². The van der Waals surface area contributed by atoms with Gasteiger partial charge < -0.3 is 5.32 Å². The average Bonchev–Trinajstić information content (AvgIpc) is 3.24. The van der Waals surface area contributed by atoms with Crippen LogP contribution in [0.5, 0.6) is 0 Å². The molecule has 19 heavy (non-hydrogen) atoms. The molecular formula is C16H21FN2. The van der Waals surface area contributed by atoms with Crippen molar-refractivity contribution >= 4 is 16.6 Å². The Hall–Kier alpha value is -1.64. The van der Waals surface area contributed by atoms with E-state index in [1.54, 1.807) is 12.3 Å². The van der Waals surface area contributed by atoms with E-state index in [0.29, 0.717) is 5.69 Å².